The van der Waals surface area contributed by atoms with Crippen molar-refractivity contribution in [3.63, 3.8) is 0 Å². The van der Waals surface area contributed by atoms with E-state index in [0.717, 1.165) is 27.7 Å². The van der Waals surface area contributed by atoms with Crippen LogP contribution in [0.3, 0.4) is 0 Å². The lowest BCUT2D eigenvalue weighted by atomic mass is 10.1. The maximum atomic E-state index is 6.18. The molecule has 0 aliphatic rings. The number of aromatic nitrogens is 2. The molecule has 6 heteroatoms. The normalized spacial score (nSPS) is 10.8. The van der Waals surface area contributed by atoms with E-state index >= 15 is 0 Å². The number of nitrogens with two attached hydrogens (primary N) is 1. The molecule has 0 fully saturated rings. The summed E-state index contributed by atoms with van der Waals surface area (Å²) >= 11 is 14.3. The molecular weight excluding hydrogens is 408 g/mol. The van der Waals surface area contributed by atoms with Crippen molar-refractivity contribution in [3.8, 4) is 0 Å². The summed E-state index contributed by atoms with van der Waals surface area (Å²) in [5.74, 6) is 1.22. The molecule has 2 N–H and O–H groups in total. The smallest absolute Gasteiger partial charge is 0.140 e. The zero-order valence-corrected chi connectivity index (χ0v) is 14.6. The summed E-state index contributed by atoms with van der Waals surface area (Å²) < 4.78 is 0.940. The van der Waals surface area contributed by atoms with Crippen LogP contribution in [0.15, 0.2) is 18.2 Å². The van der Waals surface area contributed by atoms with E-state index in [1.807, 2.05) is 12.1 Å². The lowest BCUT2D eigenvalue weighted by molar-refractivity contribution is 0.836. The molecule has 2 aromatic rings. The van der Waals surface area contributed by atoms with Crippen molar-refractivity contribution in [2.45, 2.75) is 26.2 Å². The molecule has 106 valence electrons. The Morgan fingerprint density at radius 3 is 2.65 bits per heavy atom. The van der Waals surface area contributed by atoms with E-state index in [1.54, 1.807) is 6.07 Å². The first-order valence-corrected chi connectivity index (χ1v) is 8.09. The van der Waals surface area contributed by atoms with Crippen molar-refractivity contribution in [1.82, 2.24) is 9.97 Å². The van der Waals surface area contributed by atoms with Crippen LogP contribution in [0.1, 0.15) is 30.4 Å². The van der Waals surface area contributed by atoms with Gasteiger partial charge in [-0.2, -0.15) is 0 Å². The SMILES string of the molecule is CCCc1nc(Cc2ccc(Cl)cc2Cl)nc(N)c1I. The van der Waals surface area contributed by atoms with Gasteiger partial charge >= 0.3 is 0 Å². The molecule has 1 heterocycles. The minimum absolute atomic E-state index is 0.532. The van der Waals surface area contributed by atoms with Crippen LogP contribution in [0.4, 0.5) is 5.82 Å². The summed E-state index contributed by atoms with van der Waals surface area (Å²) in [5.41, 5.74) is 7.90. The molecule has 0 aliphatic heterocycles. The van der Waals surface area contributed by atoms with Gasteiger partial charge in [0, 0.05) is 16.5 Å². The molecule has 0 saturated heterocycles. The average Bonchev–Trinajstić information content (AvgIpc) is 2.39. The van der Waals surface area contributed by atoms with Crippen molar-refractivity contribution in [2.75, 3.05) is 5.73 Å². The van der Waals surface area contributed by atoms with Gasteiger partial charge in [0.2, 0.25) is 0 Å². The molecule has 0 atom stereocenters. The summed E-state index contributed by atoms with van der Waals surface area (Å²) in [6, 6.07) is 5.43. The highest BCUT2D eigenvalue weighted by molar-refractivity contribution is 14.1. The Hall–Kier alpha value is -0.590. The Labute approximate surface area is 142 Å². The third kappa shape index (κ3) is 3.74. The summed E-state index contributed by atoms with van der Waals surface area (Å²) in [4.78, 5) is 8.93. The zero-order valence-electron chi connectivity index (χ0n) is 11.0. The largest absolute Gasteiger partial charge is 0.383 e. The van der Waals surface area contributed by atoms with Gasteiger partial charge in [-0.3, -0.25) is 0 Å². The molecular formula is C14H14Cl2IN3. The molecule has 0 unspecified atom stereocenters. The molecule has 0 spiro atoms. The summed E-state index contributed by atoms with van der Waals surface area (Å²) in [6.07, 6.45) is 2.47. The number of rotatable bonds is 4. The number of aryl methyl sites for hydroxylation is 1. The van der Waals surface area contributed by atoms with Gasteiger partial charge in [-0.05, 0) is 46.7 Å². The molecule has 0 aliphatic carbocycles. The van der Waals surface area contributed by atoms with Crippen molar-refractivity contribution in [3.05, 3.63) is 48.9 Å². The van der Waals surface area contributed by atoms with E-state index < -0.39 is 0 Å². The first-order valence-electron chi connectivity index (χ1n) is 6.26. The fourth-order valence-corrected chi connectivity index (χ4v) is 2.87. The minimum atomic E-state index is 0.532. The predicted molar refractivity (Wildman–Crippen MR) is 92.4 cm³/mol. The number of hydrogen-bond donors (Lipinski definition) is 1. The maximum absolute atomic E-state index is 6.18. The quantitative estimate of drug-likeness (QED) is 0.738. The van der Waals surface area contributed by atoms with E-state index in [2.05, 4.69) is 39.5 Å². The molecule has 2 rings (SSSR count). The predicted octanol–water partition coefficient (Wildman–Crippen LogP) is 4.51. The van der Waals surface area contributed by atoms with Gasteiger partial charge in [0.25, 0.3) is 0 Å². The van der Waals surface area contributed by atoms with Crippen LogP contribution in [0, 0.1) is 3.57 Å². The highest BCUT2D eigenvalue weighted by atomic mass is 127. The molecule has 0 radical (unpaired) electrons. The monoisotopic (exact) mass is 421 g/mol. The number of anilines is 1. The number of hydrogen-bond acceptors (Lipinski definition) is 3. The fourth-order valence-electron chi connectivity index (χ4n) is 1.88. The number of halogens is 3. The van der Waals surface area contributed by atoms with E-state index in [0.29, 0.717) is 28.1 Å². The zero-order chi connectivity index (χ0) is 14.7. The number of benzene rings is 1. The standard InChI is InChI=1S/C14H14Cl2IN3/c1-2-3-11-13(17)14(18)20-12(19-11)6-8-4-5-9(15)7-10(8)16/h4-5,7H,2-3,6H2,1H3,(H2,18,19,20). The van der Waals surface area contributed by atoms with E-state index in [9.17, 15) is 0 Å². The minimum Gasteiger partial charge on any atom is -0.383 e. The summed E-state index contributed by atoms with van der Waals surface area (Å²) in [5, 5.41) is 1.24. The van der Waals surface area contributed by atoms with Gasteiger partial charge in [-0.1, -0.05) is 42.6 Å². The van der Waals surface area contributed by atoms with E-state index in [4.69, 9.17) is 28.9 Å². The Morgan fingerprint density at radius 2 is 2.00 bits per heavy atom. The van der Waals surface area contributed by atoms with Crippen LogP contribution in [-0.2, 0) is 12.8 Å². The molecule has 1 aromatic carbocycles. The Balaban J connectivity index is 2.33. The van der Waals surface area contributed by atoms with Crippen LogP contribution in [0.2, 0.25) is 10.0 Å². The molecule has 1 aromatic heterocycles. The van der Waals surface area contributed by atoms with Crippen molar-refractivity contribution in [1.29, 1.82) is 0 Å². The highest BCUT2D eigenvalue weighted by Crippen LogP contribution is 2.24. The lowest BCUT2D eigenvalue weighted by Gasteiger charge is -2.09. The topological polar surface area (TPSA) is 51.8 Å². The molecule has 0 amide bonds. The van der Waals surface area contributed by atoms with Crippen LogP contribution in [0.5, 0.6) is 0 Å². The first-order chi connectivity index (χ1) is 9.51. The number of nitrogen functional groups attached to an aromatic ring is 1. The van der Waals surface area contributed by atoms with Gasteiger partial charge in [0.05, 0.1) is 9.26 Å². The van der Waals surface area contributed by atoms with Gasteiger partial charge in [-0.25, -0.2) is 9.97 Å². The lowest BCUT2D eigenvalue weighted by Crippen LogP contribution is -2.08. The van der Waals surface area contributed by atoms with E-state index in [-0.39, 0.29) is 0 Å². The van der Waals surface area contributed by atoms with Gasteiger partial charge in [0.1, 0.15) is 11.6 Å². The third-order valence-corrected chi connectivity index (χ3v) is 4.60. The second-order valence-electron chi connectivity index (χ2n) is 4.45. The number of nitrogens with zero attached hydrogens (tertiary/aromatic N) is 2. The van der Waals surface area contributed by atoms with Crippen LogP contribution in [0.25, 0.3) is 0 Å². The molecule has 20 heavy (non-hydrogen) atoms. The van der Waals surface area contributed by atoms with Gasteiger partial charge < -0.3 is 5.73 Å². The fraction of sp³-hybridized carbons (Fsp3) is 0.286. The van der Waals surface area contributed by atoms with E-state index in [1.165, 1.54) is 0 Å². The summed E-state index contributed by atoms with van der Waals surface area (Å²) in [7, 11) is 0. The Morgan fingerprint density at radius 1 is 1.25 bits per heavy atom. The van der Waals surface area contributed by atoms with Crippen LogP contribution < -0.4 is 5.73 Å². The Bertz CT molecular complexity index is 632. The molecule has 0 saturated carbocycles. The van der Waals surface area contributed by atoms with Crippen LogP contribution >= 0.6 is 45.8 Å². The molecule has 0 bridgehead atoms. The van der Waals surface area contributed by atoms with Gasteiger partial charge in [0.15, 0.2) is 0 Å². The summed E-state index contributed by atoms with van der Waals surface area (Å²) in [6.45, 7) is 2.12. The second kappa shape index (κ2) is 6.91. The van der Waals surface area contributed by atoms with Crippen molar-refractivity contribution < 1.29 is 0 Å². The van der Waals surface area contributed by atoms with Crippen molar-refractivity contribution >= 4 is 51.6 Å². The van der Waals surface area contributed by atoms with Gasteiger partial charge in [-0.15, -0.1) is 0 Å². The maximum Gasteiger partial charge on any atom is 0.140 e. The van der Waals surface area contributed by atoms with Crippen molar-refractivity contribution in [2.24, 2.45) is 0 Å². The Kier molecular flexibility index (Phi) is 5.46. The molecule has 3 nitrogen and oxygen atoms in total. The highest BCUT2D eigenvalue weighted by Gasteiger charge is 2.11. The second-order valence-corrected chi connectivity index (χ2v) is 6.37. The third-order valence-electron chi connectivity index (χ3n) is 2.84. The van der Waals surface area contributed by atoms with Crippen LogP contribution in [-0.4, -0.2) is 9.97 Å². The first kappa shape index (κ1) is 15.8. The average molecular weight is 422 g/mol.